The highest BCUT2D eigenvalue weighted by Crippen LogP contribution is 2.26. The lowest BCUT2D eigenvalue weighted by Gasteiger charge is -2.13. The Kier molecular flexibility index (Phi) is 5.57. The first kappa shape index (κ1) is 17.3. The average Bonchev–Trinajstić information content (AvgIpc) is 3.15. The predicted octanol–water partition coefficient (Wildman–Crippen LogP) is 3.89. The molecule has 3 aromatic rings. The first-order chi connectivity index (χ1) is 12.1. The fourth-order valence-corrected chi connectivity index (χ4v) is 3.81. The molecule has 1 N–H and O–H groups in total. The Morgan fingerprint density at radius 1 is 1.08 bits per heavy atom. The lowest BCUT2D eigenvalue weighted by Crippen LogP contribution is -2.23. The number of carbonyl (C=O) groups is 2. The van der Waals surface area contributed by atoms with Crippen molar-refractivity contribution in [3.63, 3.8) is 0 Å². The SMILES string of the molecule is C[C@H](Sc1nncs1)C(=O)Nc1ccccc1C(=O)c1ccccc1. The van der Waals surface area contributed by atoms with Crippen LogP contribution in [0.4, 0.5) is 5.69 Å². The summed E-state index contributed by atoms with van der Waals surface area (Å²) in [6.45, 7) is 1.79. The van der Waals surface area contributed by atoms with Gasteiger partial charge >= 0.3 is 0 Å². The maximum absolute atomic E-state index is 12.7. The fourth-order valence-electron chi connectivity index (χ4n) is 2.19. The van der Waals surface area contributed by atoms with Crippen molar-refractivity contribution in [1.29, 1.82) is 0 Å². The Labute approximate surface area is 153 Å². The van der Waals surface area contributed by atoms with Crippen LogP contribution in [0.3, 0.4) is 0 Å². The highest BCUT2D eigenvalue weighted by atomic mass is 32.2. The molecular formula is C18H15N3O2S2. The molecule has 0 spiro atoms. The molecule has 1 amide bonds. The molecule has 2 aromatic carbocycles. The molecule has 0 saturated heterocycles. The van der Waals surface area contributed by atoms with Crippen LogP contribution in [-0.2, 0) is 4.79 Å². The largest absolute Gasteiger partial charge is 0.324 e. The van der Waals surface area contributed by atoms with Crippen LogP contribution in [0, 0.1) is 0 Å². The molecule has 0 radical (unpaired) electrons. The van der Waals surface area contributed by atoms with E-state index < -0.39 is 0 Å². The number of carbonyl (C=O) groups excluding carboxylic acids is 2. The Bertz CT molecular complexity index is 867. The summed E-state index contributed by atoms with van der Waals surface area (Å²) < 4.78 is 0.733. The number of anilines is 1. The number of ketones is 1. The van der Waals surface area contributed by atoms with Crippen molar-refractivity contribution in [2.75, 3.05) is 5.32 Å². The van der Waals surface area contributed by atoms with Crippen LogP contribution in [0.5, 0.6) is 0 Å². The molecule has 0 bridgehead atoms. The van der Waals surface area contributed by atoms with Gasteiger partial charge < -0.3 is 5.32 Å². The number of amides is 1. The van der Waals surface area contributed by atoms with E-state index in [9.17, 15) is 9.59 Å². The minimum atomic E-state index is -0.354. The van der Waals surface area contributed by atoms with Gasteiger partial charge in [-0.2, -0.15) is 0 Å². The zero-order chi connectivity index (χ0) is 17.6. The number of benzene rings is 2. The van der Waals surface area contributed by atoms with Gasteiger partial charge in [-0.3, -0.25) is 9.59 Å². The molecule has 0 aliphatic carbocycles. The van der Waals surface area contributed by atoms with Gasteiger partial charge in [-0.05, 0) is 19.1 Å². The molecule has 5 nitrogen and oxygen atoms in total. The first-order valence-corrected chi connectivity index (χ1v) is 9.33. The van der Waals surface area contributed by atoms with Gasteiger partial charge in [-0.15, -0.1) is 10.2 Å². The third-order valence-corrected chi connectivity index (χ3v) is 5.36. The standard InChI is InChI=1S/C18H15N3O2S2/c1-12(25-18-21-19-11-24-18)17(23)20-15-10-6-5-9-14(15)16(22)13-7-3-2-4-8-13/h2-12H,1H3,(H,20,23)/t12-/m0/s1. The zero-order valence-corrected chi connectivity index (χ0v) is 15.0. The molecule has 0 aliphatic heterocycles. The Morgan fingerprint density at radius 3 is 2.52 bits per heavy atom. The summed E-state index contributed by atoms with van der Waals surface area (Å²) in [6.07, 6.45) is 0. The van der Waals surface area contributed by atoms with Crippen LogP contribution in [0.1, 0.15) is 22.8 Å². The normalized spacial score (nSPS) is 11.7. The van der Waals surface area contributed by atoms with E-state index in [-0.39, 0.29) is 16.9 Å². The van der Waals surface area contributed by atoms with Crippen molar-refractivity contribution in [1.82, 2.24) is 10.2 Å². The number of rotatable bonds is 6. The summed E-state index contributed by atoms with van der Waals surface area (Å²) >= 11 is 2.72. The summed E-state index contributed by atoms with van der Waals surface area (Å²) in [5.74, 6) is -0.311. The van der Waals surface area contributed by atoms with Crippen LogP contribution in [0.25, 0.3) is 0 Å². The number of nitrogens with one attached hydrogen (secondary N) is 1. The monoisotopic (exact) mass is 369 g/mol. The van der Waals surface area contributed by atoms with E-state index in [1.54, 1.807) is 48.8 Å². The Balaban J connectivity index is 1.77. The van der Waals surface area contributed by atoms with Crippen molar-refractivity contribution >= 4 is 40.5 Å². The van der Waals surface area contributed by atoms with E-state index in [4.69, 9.17) is 0 Å². The summed E-state index contributed by atoms with van der Waals surface area (Å²) in [5, 5.41) is 10.2. The van der Waals surface area contributed by atoms with E-state index in [1.807, 2.05) is 18.2 Å². The Hall–Kier alpha value is -2.51. The van der Waals surface area contributed by atoms with E-state index in [0.717, 1.165) is 4.34 Å². The molecule has 1 aromatic heterocycles. The number of aromatic nitrogens is 2. The van der Waals surface area contributed by atoms with Crippen LogP contribution >= 0.6 is 23.1 Å². The van der Waals surface area contributed by atoms with Crippen LogP contribution in [-0.4, -0.2) is 27.1 Å². The van der Waals surface area contributed by atoms with Crippen molar-refractivity contribution in [2.24, 2.45) is 0 Å². The van der Waals surface area contributed by atoms with Gasteiger partial charge in [0.1, 0.15) is 5.51 Å². The molecule has 0 unspecified atom stereocenters. The minimum absolute atomic E-state index is 0.124. The number of para-hydroxylation sites is 1. The number of hydrogen-bond acceptors (Lipinski definition) is 6. The van der Waals surface area contributed by atoms with E-state index in [2.05, 4.69) is 15.5 Å². The smallest absolute Gasteiger partial charge is 0.237 e. The summed E-state index contributed by atoms with van der Waals surface area (Å²) in [4.78, 5) is 25.2. The third-order valence-electron chi connectivity index (χ3n) is 3.45. The molecular weight excluding hydrogens is 354 g/mol. The lowest BCUT2D eigenvalue weighted by molar-refractivity contribution is -0.115. The van der Waals surface area contributed by atoms with Gasteiger partial charge in [0.2, 0.25) is 5.91 Å². The molecule has 25 heavy (non-hydrogen) atoms. The van der Waals surface area contributed by atoms with Crippen LogP contribution in [0.2, 0.25) is 0 Å². The van der Waals surface area contributed by atoms with Crippen LogP contribution in [0.15, 0.2) is 64.4 Å². The zero-order valence-electron chi connectivity index (χ0n) is 13.4. The molecule has 0 saturated carbocycles. The second-order valence-electron chi connectivity index (χ2n) is 5.19. The first-order valence-electron chi connectivity index (χ1n) is 7.57. The fraction of sp³-hybridized carbons (Fsp3) is 0.111. The summed E-state index contributed by atoms with van der Waals surface area (Å²) in [6, 6.07) is 16.0. The van der Waals surface area contributed by atoms with Crippen molar-refractivity contribution in [3.05, 3.63) is 71.2 Å². The number of thioether (sulfide) groups is 1. The maximum Gasteiger partial charge on any atom is 0.237 e. The third kappa shape index (κ3) is 4.32. The van der Waals surface area contributed by atoms with E-state index in [1.165, 1.54) is 23.1 Å². The molecule has 126 valence electrons. The molecule has 1 heterocycles. The number of nitrogens with zero attached hydrogens (tertiary/aromatic N) is 2. The molecule has 0 aliphatic rings. The van der Waals surface area contributed by atoms with Crippen molar-refractivity contribution in [2.45, 2.75) is 16.5 Å². The Morgan fingerprint density at radius 2 is 1.80 bits per heavy atom. The quantitative estimate of drug-likeness (QED) is 0.527. The highest BCUT2D eigenvalue weighted by Gasteiger charge is 2.19. The van der Waals surface area contributed by atoms with Gasteiger partial charge in [-0.25, -0.2) is 0 Å². The van der Waals surface area contributed by atoms with E-state index >= 15 is 0 Å². The highest BCUT2D eigenvalue weighted by molar-refractivity contribution is 8.02. The topological polar surface area (TPSA) is 72.0 Å². The second kappa shape index (κ2) is 8.04. The second-order valence-corrected chi connectivity index (χ2v) is 7.62. The van der Waals surface area contributed by atoms with Crippen LogP contribution < -0.4 is 5.32 Å². The number of hydrogen-bond donors (Lipinski definition) is 1. The average molecular weight is 369 g/mol. The van der Waals surface area contributed by atoms with Gasteiger partial charge in [0.25, 0.3) is 0 Å². The molecule has 3 rings (SSSR count). The minimum Gasteiger partial charge on any atom is -0.324 e. The molecule has 0 fully saturated rings. The molecule has 7 heteroatoms. The van der Waals surface area contributed by atoms with Gasteiger partial charge in [0.05, 0.1) is 10.9 Å². The van der Waals surface area contributed by atoms with Gasteiger partial charge in [0.15, 0.2) is 10.1 Å². The summed E-state index contributed by atoms with van der Waals surface area (Å²) in [7, 11) is 0. The van der Waals surface area contributed by atoms with Crippen molar-refractivity contribution < 1.29 is 9.59 Å². The van der Waals surface area contributed by atoms with Gasteiger partial charge in [-0.1, -0.05) is 65.6 Å². The van der Waals surface area contributed by atoms with Gasteiger partial charge in [0, 0.05) is 11.1 Å². The summed E-state index contributed by atoms with van der Waals surface area (Å²) in [5.41, 5.74) is 3.18. The predicted molar refractivity (Wildman–Crippen MR) is 100 cm³/mol. The molecule has 1 atom stereocenters. The lowest BCUT2D eigenvalue weighted by atomic mass is 10.0. The van der Waals surface area contributed by atoms with E-state index in [0.29, 0.717) is 16.8 Å². The maximum atomic E-state index is 12.7. The van der Waals surface area contributed by atoms with Crippen molar-refractivity contribution in [3.8, 4) is 0 Å².